The third kappa shape index (κ3) is 3.71. The molecule has 0 aromatic heterocycles. The lowest BCUT2D eigenvalue weighted by Gasteiger charge is -2.30. The number of amides is 3. The molecule has 1 aromatic carbocycles. The molecule has 126 valence electrons. The summed E-state index contributed by atoms with van der Waals surface area (Å²) in [4.78, 5) is 27.7. The molecule has 1 aromatic rings. The van der Waals surface area contributed by atoms with E-state index < -0.39 is 0 Å². The summed E-state index contributed by atoms with van der Waals surface area (Å²) in [6, 6.07) is 5.07. The molecular weight excluding hydrogens is 339 g/mol. The van der Waals surface area contributed by atoms with E-state index in [0.29, 0.717) is 42.5 Å². The van der Waals surface area contributed by atoms with Crippen molar-refractivity contribution < 1.29 is 9.59 Å². The average Bonchev–Trinajstić information content (AvgIpc) is 2.94. The van der Waals surface area contributed by atoms with Crippen molar-refractivity contribution in [2.75, 3.05) is 31.1 Å². The topological polar surface area (TPSA) is 78.7 Å². The van der Waals surface area contributed by atoms with Gasteiger partial charge in [-0.1, -0.05) is 11.6 Å². The fraction of sp³-hybridized carbons (Fsp3) is 0.467. The Labute approximate surface area is 146 Å². The van der Waals surface area contributed by atoms with E-state index in [0.717, 1.165) is 12.8 Å². The Morgan fingerprint density at radius 3 is 2.57 bits per heavy atom. The number of carbonyl (C=O) groups excluding carboxylic acids is 2. The predicted molar refractivity (Wildman–Crippen MR) is 92.6 cm³/mol. The van der Waals surface area contributed by atoms with Crippen molar-refractivity contribution in [3.05, 3.63) is 28.8 Å². The van der Waals surface area contributed by atoms with Crippen molar-refractivity contribution in [2.45, 2.75) is 18.9 Å². The normalized spacial score (nSPS) is 18.6. The minimum atomic E-state index is -0.185. The van der Waals surface area contributed by atoms with Crippen LogP contribution in [0.2, 0.25) is 5.02 Å². The van der Waals surface area contributed by atoms with Crippen LogP contribution in [0.15, 0.2) is 18.2 Å². The average molecular weight is 359 g/mol. The Bertz CT molecular complexity index is 603. The van der Waals surface area contributed by atoms with Gasteiger partial charge in [-0.05, 0) is 31.0 Å². The van der Waals surface area contributed by atoms with Gasteiger partial charge in [-0.25, -0.2) is 4.79 Å². The Hall–Kier alpha value is -1.50. The van der Waals surface area contributed by atoms with Gasteiger partial charge in [0.25, 0.3) is 5.91 Å². The molecule has 0 aliphatic carbocycles. The lowest BCUT2D eigenvalue weighted by Crippen LogP contribution is -2.42. The van der Waals surface area contributed by atoms with Gasteiger partial charge in [0.2, 0.25) is 0 Å². The molecule has 2 saturated heterocycles. The zero-order valence-electron chi connectivity index (χ0n) is 12.6. The number of urea groups is 1. The number of nitrogens with two attached hydrogens (primary N) is 1. The van der Waals surface area contributed by atoms with Crippen molar-refractivity contribution in [2.24, 2.45) is 5.73 Å². The number of nitrogens with one attached hydrogen (secondary N) is 1. The van der Waals surface area contributed by atoms with Crippen molar-refractivity contribution in [1.82, 2.24) is 10.2 Å². The van der Waals surface area contributed by atoms with E-state index in [-0.39, 0.29) is 30.4 Å². The predicted octanol–water partition coefficient (Wildman–Crippen LogP) is 1.85. The highest BCUT2D eigenvalue weighted by atomic mass is 35.5. The molecular formula is C15H20Cl2N4O2. The van der Waals surface area contributed by atoms with E-state index in [2.05, 4.69) is 5.32 Å². The SMILES string of the molecule is Cl.NC1CCN(C(=O)c2ccc(Cl)c(N3CCNC3=O)c2)CC1. The summed E-state index contributed by atoms with van der Waals surface area (Å²) in [5.41, 5.74) is 7.00. The lowest BCUT2D eigenvalue weighted by atomic mass is 10.0. The molecule has 0 saturated carbocycles. The highest BCUT2D eigenvalue weighted by molar-refractivity contribution is 6.34. The van der Waals surface area contributed by atoms with Gasteiger partial charge in [0, 0.05) is 37.8 Å². The van der Waals surface area contributed by atoms with Crippen LogP contribution in [0.5, 0.6) is 0 Å². The standard InChI is InChI=1S/C15H19ClN4O2.ClH/c16-12-2-1-10(9-13(12)20-8-5-18-15(20)22)14(21)19-6-3-11(17)4-7-19;/h1-2,9,11H,3-8,17H2,(H,18,22);1H. The monoisotopic (exact) mass is 358 g/mol. The van der Waals surface area contributed by atoms with Crippen LogP contribution < -0.4 is 16.0 Å². The molecule has 0 unspecified atom stereocenters. The third-order valence-electron chi connectivity index (χ3n) is 4.17. The van der Waals surface area contributed by atoms with Crippen molar-refractivity contribution in [1.29, 1.82) is 0 Å². The molecule has 6 nitrogen and oxygen atoms in total. The number of piperidine rings is 1. The molecule has 2 fully saturated rings. The maximum atomic E-state index is 12.6. The number of carbonyl (C=O) groups is 2. The smallest absolute Gasteiger partial charge is 0.322 e. The Kier molecular flexibility index (Phi) is 5.73. The number of anilines is 1. The molecule has 2 heterocycles. The highest BCUT2D eigenvalue weighted by Gasteiger charge is 2.26. The number of hydrogen-bond acceptors (Lipinski definition) is 3. The molecule has 0 bridgehead atoms. The summed E-state index contributed by atoms with van der Waals surface area (Å²) in [7, 11) is 0. The van der Waals surface area contributed by atoms with E-state index in [1.807, 2.05) is 0 Å². The minimum absolute atomic E-state index is 0. The van der Waals surface area contributed by atoms with Crippen molar-refractivity contribution >= 4 is 41.6 Å². The van der Waals surface area contributed by atoms with E-state index >= 15 is 0 Å². The molecule has 0 atom stereocenters. The second kappa shape index (κ2) is 7.38. The summed E-state index contributed by atoms with van der Waals surface area (Å²) in [6.07, 6.45) is 1.64. The molecule has 3 rings (SSSR count). The number of halogens is 2. The van der Waals surface area contributed by atoms with Gasteiger partial charge in [0.05, 0.1) is 10.7 Å². The molecule has 23 heavy (non-hydrogen) atoms. The summed E-state index contributed by atoms with van der Waals surface area (Å²) in [5, 5.41) is 3.20. The quantitative estimate of drug-likeness (QED) is 0.846. The van der Waals surface area contributed by atoms with E-state index in [1.54, 1.807) is 28.0 Å². The van der Waals surface area contributed by atoms with E-state index in [4.69, 9.17) is 17.3 Å². The number of benzene rings is 1. The number of hydrogen-bond donors (Lipinski definition) is 2. The van der Waals surface area contributed by atoms with Crippen LogP contribution in [0.25, 0.3) is 0 Å². The Balaban J connectivity index is 0.00000192. The van der Waals surface area contributed by atoms with Crippen LogP contribution in [0, 0.1) is 0 Å². The summed E-state index contributed by atoms with van der Waals surface area (Å²) < 4.78 is 0. The third-order valence-corrected chi connectivity index (χ3v) is 4.49. The molecule has 2 aliphatic heterocycles. The van der Waals surface area contributed by atoms with Crippen LogP contribution in [0.1, 0.15) is 23.2 Å². The number of likely N-dealkylation sites (tertiary alicyclic amines) is 1. The van der Waals surface area contributed by atoms with Gasteiger partial charge < -0.3 is 16.0 Å². The highest BCUT2D eigenvalue weighted by Crippen LogP contribution is 2.29. The zero-order valence-corrected chi connectivity index (χ0v) is 14.2. The summed E-state index contributed by atoms with van der Waals surface area (Å²) >= 11 is 6.19. The molecule has 3 amide bonds. The van der Waals surface area contributed by atoms with Crippen LogP contribution >= 0.6 is 24.0 Å². The molecule has 8 heteroatoms. The first-order valence-electron chi connectivity index (χ1n) is 7.46. The van der Waals surface area contributed by atoms with E-state index in [1.165, 1.54) is 0 Å². The second-order valence-corrected chi connectivity index (χ2v) is 6.09. The molecule has 0 spiro atoms. The van der Waals surface area contributed by atoms with Crippen molar-refractivity contribution in [3.8, 4) is 0 Å². The summed E-state index contributed by atoms with van der Waals surface area (Å²) in [5.74, 6) is -0.0376. The minimum Gasteiger partial charge on any atom is -0.339 e. The Morgan fingerprint density at radius 2 is 1.96 bits per heavy atom. The molecule has 2 aliphatic rings. The summed E-state index contributed by atoms with van der Waals surface area (Å²) in [6.45, 7) is 2.47. The van der Waals surface area contributed by atoms with Gasteiger partial charge in [-0.3, -0.25) is 9.69 Å². The number of rotatable bonds is 2. The van der Waals surface area contributed by atoms with E-state index in [9.17, 15) is 9.59 Å². The van der Waals surface area contributed by atoms with Gasteiger partial charge in [-0.2, -0.15) is 0 Å². The molecule has 0 radical (unpaired) electrons. The van der Waals surface area contributed by atoms with Crippen LogP contribution in [-0.2, 0) is 0 Å². The first-order chi connectivity index (χ1) is 10.6. The van der Waals surface area contributed by atoms with Crippen LogP contribution in [-0.4, -0.2) is 49.1 Å². The second-order valence-electron chi connectivity index (χ2n) is 5.68. The zero-order chi connectivity index (χ0) is 15.7. The van der Waals surface area contributed by atoms with Crippen molar-refractivity contribution in [3.63, 3.8) is 0 Å². The number of nitrogens with zero attached hydrogens (tertiary/aromatic N) is 2. The largest absolute Gasteiger partial charge is 0.339 e. The van der Waals surface area contributed by atoms with Gasteiger partial charge in [0.1, 0.15) is 0 Å². The van der Waals surface area contributed by atoms with Gasteiger partial charge in [0.15, 0.2) is 0 Å². The fourth-order valence-electron chi connectivity index (χ4n) is 2.84. The first-order valence-corrected chi connectivity index (χ1v) is 7.84. The maximum Gasteiger partial charge on any atom is 0.322 e. The lowest BCUT2D eigenvalue weighted by molar-refractivity contribution is 0.0714. The van der Waals surface area contributed by atoms with Gasteiger partial charge in [-0.15, -0.1) is 12.4 Å². The Morgan fingerprint density at radius 1 is 1.26 bits per heavy atom. The van der Waals surface area contributed by atoms with Crippen LogP contribution in [0.3, 0.4) is 0 Å². The van der Waals surface area contributed by atoms with Crippen LogP contribution in [0.4, 0.5) is 10.5 Å². The first kappa shape index (κ1) is 17.8. The fourth-order valence-corrected chi connectivity index (χ4v) is 3.06. The maximum absolute atomic E-state index is 12.6. The molecule has 3 N–H and O–H groups in total. The van der Waals surface area contributed by atoms with Gasteiger partial charge >= 0.3 is 6.03 Å².